The summed E-state index contributed by atoms with van der Waals surface area (Å²) in [5.74, 6) is -1.70. The molecule has 3 aliphatic rings. The van der Waals surface area contributed by atoms with Crippen LogP contribution in [0.25, 0.3) is 10.8 Å². The SMILES string of the molecule is CC#N.CN1CCC(F)(F)C1.COc1nc2c(c(N3CCN(C(=O)/C=C/CF)CC3)n1)CCN(c1cccc3cccc(Cl)c13)C2. The third-order valence-corrected chi connectivity index (χ3v) is 8.29. The molecule has 0 bridgehead atoms. The number of nitrogens with zero attached hydrogens (tertiary/aromatic N) is 7. The molecule has 4 heterocycles. The van der Waals surface area contributed by atoms with E-state index < -0.39 is 12.6 Å². The van der Waals surface area contributed by atoms with Gasteiger partial charge in [-0.1, -0.05) is 35.9 Å². The molecule has 6 rings (SSSR count). The zero-order valence-corrected chi connectivity index (χ0v) is 27.1. The summed E-state index contributed by atoms with van der Waals surface area (Å²) in [6.45, 7) is 5.09. The molecule has 0 spiro atoms. The molecule has 3 aliphatic heterocycles. The van der Waals surface area contributed by atoms with Gasteiger partial charge in [-0.3, -0.25) is 4.79 Å². The first kappa shape index (κ1) is 34.8. The zero-order valence-electron chi connectivity index (χ0n) is 26.4. The highest BCUT2D eigenvalue weighted by molar-refractivity contribution is 6.36. The van der Waals surface area contributed by atoms with Crippen LogP contribution < -0.4 is 14.5 Å². The quantitative estimate of drug-likeness (QED) is 0.332. The number of aromatic nitrogens is 2. The van der Waals surface area contributed by atoms with Crippen LogP contribution in [0.1, 0.15) is 24.6 Å². The fraction of sp³-hybridized carbons (Fsp3) is 0.455. The maximum Gasteiger partial charge on any atom is 0.318 e. The van der Waals surface area contributed by atoms with Crippen molar-refractivity contribution in [3.05, 3.63) is 64.8 Å². The zero-order chi connectivity index (χ0) is 33.3. The first-order valence-electron chi connectivity index (χ1n) is 15.1. The number of rotatable bonds is 5. The van der Waals surface area contributed by atoms with E-state index >= 15 is 0 Å². The number of likely N-dealkylation sites (tertiary alicyclic amines) is 1. The molecule has 46 heavy (non-hydrogen) atoms. The number of methoxy groups -OCH3 is 1. The molecular weight excluding hydrogens is 619 g/mol. The molecule has 3 aromatic rings. The minimum atomic E-state index is -2.41. The topological polar surface area (TPSA) is 88.8 Å². The van der Waals surface area contributed by atoms with Crippen LogP contribution in [0.3, 0.4) is 0 Å². The fourth-order valence-corrected chi connectivity index (χ4v) is 6.06. The van der Waals surface area contributed by atoms with Gasteiger partial charge >= 0.3 is 6.01 Å². The van der Waals surface area contributed by atoms with Crippen molar-refractivity contribution in [3.63, 3.8) is 0 Å². The lowest BCUT2D eigenvalue weighted by Gasteiger charge is -2.38. The molecule has 246 valence electrons. The van der Waals surface area contributed by atoms with Gasteiger partial charge in [0.2, 0.25) is 5.91 Å². The lowest BCUT2D eigenvalue weighted by Crippen LogP contribution is -2.49. The number of alkyl halides is 3. The van der Waals surface area contributed by atoms with E-state index in [1.165, 1.54) is 19.1 Å². The van der Waals surface area contributed by atoms with E-state index in [4.69, 9.17) is 31.6 Å². The van der Waals surface area contributed by atoms with Crippen molar-refractivity contribution in [1.82, 2.24) is 19.8 Å². The molecule has 0 radical (unpaired) electrons. The largest absolute Gasteiger partial charge is 0.467 e. The Morgan fingerprint density at radius 1 is 1.09 bits per heavy atom. The second-order valence-corrected chi connectivity index (χ2v) is 11.6. The van der Waals surface area contributed by atoms with Gasteiger partial charge in [-0.2, -0.15) is 15.2 Å². The molecule has 9 nitrogen and oxygen atoms in total. The summed E-state index contributed by atoms with van der Waals surface area (Å²) in [5, 5.41) is 10.2. The van der Waals surface area contributed by atoms with E-state index in [1.807, 2.05) is 12.1 Å². The van der Waals surface area contributed by atoms with Gasteiger partial charge < -0.3 is 24.3 Å². The minimum absolute atomic E-state index is 0.0312. The van der Waals surface area contributed by atoms with Crippen LogP contribution in [0, 0.1) is 11.3 Å². The summed E-state index contributed by atoms with van der Waals surface area (Å²) < 4.78 is 42.1. The Morgan fingerprint density at radius 3 is 2.37 bits per heavy atom. The van der Waals surface area contributed by atoms with Crippen molar-refractivity contribution in [2.75, 3.05) is 76.4 Å². The van der Waals surface area contributed by atoms with Gasteiger partial charge in [0.1, 0.15) is 12.5 Å². The third-order valence-electron chi connectivity index (χ3n) is 7.98. The number of ether oxygens (including phenoxy) is 1. The van der Waals surface area contributed by atoms with Crippen LogP contribution >= 0.6 is 11.6 Å². The number of anilines is 2. The normalized spacial score (nSPS) is 17.5. The molecule has 2 aromatic carbocycles. The van der Waals surface area contributed by atoms with E-state index in [-0.39, 0.29) is 18.9 Å². The molecule has 2 saturated heterocycles. The number of amides is 1. The van der Waals surface area contributed by atoms with E-state index in [0.717, 1.165) is 51.5 Å². The Bertz CT molecular complexity index is 1570. The van der Waals surface area contributed by atoms with Gasteiger partial charge in [0.15, 0.2) is 0 Å². The minimum Gasteiger partial charge on any atom is -0.467 e. The predicted molar refractivity (Wildman–Crippen MR) is 175 cm³/mol. The molecule has 1 aromatic heterocycles. The van der Waals surface area contributed by atoms with Gasteiger partial charge in [-0.05, 0) is 37.1 Å². The standard InChI is InChI=1S/C26H27ClFN5O2.C5H9F2N.C2H3N/c1-35-26-29-21-17-33(22-8-3-6-18-5-2-7-20(27)24(18)22)12-10-19(21)25(30-26)32-15-13-31(14-16-32)23(34)9-4-11-28;1-8-3-2-5(6,7)4-8;1-2-3/h2-9H,10-17H2,1H3;2-4H2,1H3;1H3/b9-4+;;. The molecular formula is C33H39ClF3N7O2. The number of piperazine rings is 1. The summed E-state index contributed by atoms with van der Waals surface area (Å²) in [5.41, 5.74) is 3.14. The van der Waals surface area contributed by atoms with E-state index in [0.29, 0.717) is 45.3 Å². The van der Waals surface area contributed by atoms with Crippen LogP contribution in [-0.4, -0.2) is 98.2 Å². The second-order valence-electron chi connectivity index (χ2n) is 11.2. The van der Waals surface area contributed by atoms with Gasteiger partial charge in [-0.25, -0.2) is 13.2 Å². The second kappa shape index (κ2) is 16.0. The monoisotopic (exact) mass is 657 g/mol. The average Bonchev–Trinajstić information content (AvgIpc) is 3.38. The Kier molecular flexibility index (Phi) is 12.1. The molecule has 1 amide bonds. The summed E-state index contributed by atoms with van der Waals surface area (Å²) >= 11 is 6.59. The van der Waals surface area contributed by atoms with Crippen LogP contribution in [0.2, 0.25) is 5.02 Å². The number of halogens is 4. The average molecular weight is 658 g/mol. The van der Waals surface area contributed by atoms with Gasteiger partial charge in [-0.15, -0.1) is 0 Å². The Morgan fingerprint density at radius 2 is 1.78 bits per heavy atom. The third kappa shape index (κ3) is 8.59. The Balaban J connectivity index is 0.000000373. The predicted octanol–water partition coefficient (Wildman–Crippen LogP) is 5.52. The lowest BCUT2D eigenvalue weighted by atomic mass is 10.0. The number of carbonyl (C=O) groups is 1. The number of benzene rings is 2. The van der Waals surface area contributed by atoms with Crippen molar-refractivity contribution in [2.24, 2.45) is 0 Å². The van der Waals surface area contributed by atoms with E-state index in [2.05, 4.69) is 34.1 Å². The lowest BCUT2D eigenvalue weighted by molar-refractivity contribution is -0.126. The van der Waals surface area contributed by atoms with E-state index in [9.17, 15) is 18.0 Å². The summed E-state index contributed by atoms with van der Waals surface area (Å²) in [6.07, 6.45) is 3.37. The number of allylic oxidation sites excluding steroid dienone is 1. The van der Waals surface area contributed by atoms with Crippen LogP contribution in [0.15, 0.2) is 48.6 Å². The molecule has 0 atom stereocenters. The van der Waals surface area contributed by atoms with Crippen molar-refractivity contribution in [2.45, 2.75) is 32.2 Å². The molecule has 0 unspecified atom stereocenters. The Hall–Kier alpha value is -4.08. The van der Waals surface area contributed by atoms with Crippen LogP contribution in [0.5, 0.6) is 6.01 Å². The number of carbonyl (C=O) groups excluding carboxylic acids is 1. The highest BCUT2D eigenvalue weighted by Crippen LogP contribution is 2.37. The summed E-state index contributed by atoms with van der Waals surface area (Å²) in [4.78, 5) is 29.5. The van der Waals surface area contributed by atoms with Gasteiger partial charge in [0.05, 0.1) is 37.0 Å². The number of nitriles is 1. The molecule has 0 saturated carbocycles. The molecule has 13 heteroatoms. The van der Waals surface area contributed by atoms with Crippen molar-refractivity contribution < 1.29 is 22.7 Å². The van der Waals surface area contributed by atoms with Crippen LogP contribution in [0.4, 0.5) is 24.7 Å². The van der Waals surface area contributed by atoms with Gasteiger partial charge in [0, 0.05) is 75.3 Å². The van der Waals surface area contributed by atoms with Crippen LogP contribution in [-0.2, 0) is 17.8 Å². The highest BCUT2D eigenvalue weighted by atomic mass is 35.5. The molecule has 2 fully saturated rings. The Labute approximate surface area is 272 Å². The summed E-state index contributed by atoms with van der Waals surface area (Å²) in [6, 6.07) is 14.3. The van der Waals surface area contributed by atoms with Gasteiger partial charge in [0.25, 0.3) is 5.92 Å². The van der Waals surface area contributed by atoms with Crippen molar-refractivity contribution in [3.8, 4) is 12.1 Å². The number of hydrogen-bond acceptors (Lipinski definition) is 8. The molecule has 0 aliphatic carbocycles. The fourth-order valence-electron chi connectivity index (χ4n) is 5.78. The highest BCUT2D eigenvalue weighted by Gasteiger charge is 2.36. The first-order valence-corrected chi connectivity index (χ1v) is 15.5. The summed E-state index contributed by atoms with van der Waals surface area (Å²) in [7, 11) is 3.28. The molecule has 0 N–H and O–H groups in total. The number of fused-ring (bicyclic) bond motifs is 2. The van der Waals surface area contributed by atoms with Crippen molar-refractivity contribution >= 4 is 39.8 Å². The smallest absolute Gasteiger partial charge is 0.318 e. The maximum absolute atomic E-state index is 12.4. The number of hydrogen-bond donors (Lipinski definition) is 0. The maximum atomic E-state index is 12.4. The van der Waals surface area contributed by atoms with E-state index in [1.54, 1.807) is 30.0 Å². The van der Waals surface area contributed by atoms with Crippen molar-refractivity contribution in [1.29, 1.82) is 5.26 Å². The first-order chi connectivity index (χ1) is 22.1.